The smallest absolute Gasteiger partial charge is 0.0726 e. The maximum atomic E-state index is 12.2. The number of rotatable bonds is 4. The van der Waals surface area contributed by atoms with E-state index in [0.717, 1.165) is 51.4 Å². The van der Waals surface area contributed by atoms with Gasteiger partial charge in [-0.3, -0.25) is 0 Å². The summed E-state index contributed by atoms with van der Waals surface area (Å²) in [7, 11) is 1.24. The van der Waals surface area contributed by atoms with Crippen LogP contribution in [0.1, 0.15) is 64.2 Å². The summed E-state index contributed by atoms with van der Waals surface area (Å²) in [5, 5.41) is 0. The van der Waals surface area contributed by atoms with E-state index in [-0.39, 0.29) is 25.3 Å². The molecule has 0 aliphatic heterocycles. The van der Waals surface area contributed by atoms with Gasteiger partial charge in [0.15, 0.2) is 0 Å². The Morgan fingerprint density at radius 1 is 0.955 bits per heavy atom. The van der Waals surface area contributed by atoms with Crippen LogP contribution in [0.5, 0.6) is 0 Å². The molecule has 0 heterocycles. The van der Waals surface area contributed by atoms with E-state index in [0.29, 0.717) is 5.92 Å². The second kappa shape index (κ2) is 12.2. The van der Waals surface area contributed by atoms with Crippen LogP contribution < -0.4 is 0 Å². The topological polar surface area (TPSA) is 72.0 Å². The number of hydrogen-bond donors (Lipinski definition) is 0. The van der Waals surface area contributed by atoms with Crippen LogP contribution in [-0.4, -0.2) is 26.3 Å². The van der Waals surface area contributed by atoms with Crippen molar-refractivity contribution in [2.45, 2.75) is 76.3 Å². The van der Waals surface area contributed by atoms with Crippen LogP contribution in [0.25, 0.3) is 10.5 Å². The summed E-state index contributed by atoms with van der Waals surface area (Å²) in [5.74, 6) is 0.514. The van der Waals surface area contributed by atoms with Crippen molar-refractivity contribution in [1.82, 2.24) is 0 Å². The second-order valence-corrected chi connectivity index (χ2v) is 7.88. The Hall–Kier alpha value is 0.783. The zero-order valence-corrected chi connectivity index (χ0v) is 16.7. The molecule has 2 atom stereocenters. The Balaban J connectivity index is 0.00000141. The Kier molecular flexibility index (Phi) is 12.6. The number of nitrogens with zero attached hydrogens (tertiary/aromatic N) is 1. The van der Waals surface area contributed by atoms with Crippen LogP contribution in [0, 0.1) is 13.3 Å². The molecule has 0 saturated heterocycles. The first-order valence-electron chi connectivity index (χ1n) is 7.86. The minimum atomic E-state index is -3.32. The Morgan fingerprint density at radius 3 is 2.00 bits per heavy atom. The van der Waals surface area contributed by atoms with Gasteiger partial charge in [-0.1, -0.05) is 51.4 Å². The van der Waals surface area contributed by atoms with Crippen LogP contribution in [-0.2, 0) is 27.3 Å². The van der Waals surface area contributed by atoms with E-state index >= 15 is 0 Å². The van der Waals surface area contributed by atoms with Crippen LogP contribution in [0.4, 0.5) is 0 Å². The number of sulfonamides is 1. The molecular weight excluding hydrogens is 409 g/mol. The summed E-state index contributed by atoms with van der Waals surface area (Å²) in [5.41, 5.74) is 7.91. The van der Waals surface area contributed by atoms with Crippen molar-refractivity contribution in [2.75, 3.05) is 5.75 Å². The summed E-state index contributed by atoms with van der Waals surface area (Å²) in [6, 6.07) is -0.581. The number of halogens is 1. The largest absolute Gasteiger partial charge is 0.676 e. The van der Waals surface area contributed by atoms with Crippen molar-refractivity contribution in [1.29, 1.82) is 0 Å². The van der Waals surface area contributed by atoms with Gasteiger partial charge in [-0.15, -0.1) is 6.04 Å². The van der Waals surface area contributed by atoms with Gasteiger partial charge < -0.3 is 17.9 Å². The molecule has 0 spiro atoms. The second-order valence-electron chi connectivity index (χ2n) is 6.17. The molecule has 0 aromatic rings. The molecule has 4 nitrogen and oxygen atoms in total. The average molecular weight is 438 g/mol. The summed E-state index contributed by atoms with van der Waals surface area (Å²) >= 11 is 1.82. The predicted octanol–water partition coefficient (Wildman–Crippen LogP) is 5.16. The van der Waals surface area contributed by atoms with E-state index in [2.05, 4.69) is 14.4 Å². The molecule has 0 aromatic heterocycles. The Labute approximate surface area is 151 Å². The molecule has 2 aliphatic rings. The zero-order chi connectivity index (χ0) is 15.7. The molecule has 0 amide bonds. The first kappa shape index (κ1) is 22.8. The first-order valence-corrected chi connectivity index (χ1v) is 11.7. The van der Waals surface area contributed by atoms with Gasteiger partial charge in [0.1, 0.15) is 0 Å². The van der Waals surface area contributed by atoms with Crippen molar-refractivity contribution in [3.05, 3.63) is 17.9 Å². The van der Waals surface area contributed by atoms with E-state index in [9.17, 15) is 8.42 Å². The third-order valence-corrected chi connectivity index (χ3v) is 5.93. The maximum Gasteiger partial charge on any atom is 0.0726 e. The molecule has 0 aromatic carbocycles. The minimum Gasteiger partial charge on any atom is -0.676 e. The molecule has 0 bridgehead atoms. The van der Waals surface area contributed by atoms with Gasteiger partial charge in [0.25, 0.3) is 0 Å². The minimum absolute atomic E-state index is 0. The van der Waals surface area contributed by atoms with Crippen LogP contribution in [0.2, 0.25) is 0 Å². The molecule has 2 rings (SSSR count). The SMILES string of the molecule is [CH3-].[Cl][Ru+3].[NH-]C1CCCCC1[N-]S(=O)(=O)CC1CCCCCC1. The third kappa shape index (κ3) is 8.58. The van der Waals surface area contributed by atoms with E-state index in [1.54, 1.807) is 0 Å². The summed E-state index contributed by atoms with van der Waals surface area (Å²) in [6.45, 7) is 0. The van der Waals surface area contributed by atoms with Crippen LogP contribution in [0.15, 0.2) is 0 Å². The van der Waals surface area contributed by atoms with E-state index in [4.69, 9.17) is 5.73 Å². The molecule has 22 heavy (non-hydrogen) atoms. The average Bonchev–Trinajstić information content (AvgIpc) is 2.71. The predicted molar refractivity (Wildman–Crippen MR) is 91.0 cm³/mol. The molecule has 2 unspecified atom stereocenters. The number of hydrogen-bond acceptors (Lipinski definition) is 2. The summed E-state index contributed by atoms with van der Waals surface area (Å²) < 4.78 is 28.4. The van der Waals surface area contributed by atoms with E-state index in [1.165, 1.54) is 12.8 Å². The monoisotopic (exact) mass is 438 g/mol. The van der Waals surface area contributed by atoms with E-state index < -0.39 is 10.0 Å². The van der Waals surface area contributed by atoms with Gasteiger partial charge >= 0.3 is 27.0 Å². The van der Waals surface area contributed by atoms with Gasteiger partial charge in [0, 0.05) is 5.75 Å². The van der Waals surface area contributed by atoms with Gasteiger partial charge in [-0.25, -0.2) is 8.42 Å². The standard InChI is InChI=1S/C14H26N2O2S.CH3.ClH.Ru/c15-13-9-5-6-10-14(13)16-19(17,18)11-12-7-3-1-2-4-8-12;;;/h12-15H,1-11H2;1H3;1H;/q-2;-1;;+4/p-1. The molecular formula is C15H29ClN2O2RuS. The van der Waals surface area contributed by atoms with Gasteiger partial charge in [-0.2, -0.15) is 6.04 Å². The zero-order valence-electron chi connectivity index (χ0n) is 13.4. The maximum absolute atomic E-state index is 12.2. The summed E-state index contributed by atoms with van der Waals surface area (Å²) in [4.78, 5) is 0. The van der Waals surface area contributed by atoms with Crippen LogP contribution >= 0.6 is 9.69 Å². The number of nitrogens with one attached hydrogen (secondary N) is 1. The Bertz CT molecular complexity index is 374. The van der Waals surface area contributed by atoms with Crippen molar-refractivity contribution >= 4 is 19.7 Å². The fourth-order valence-electron chi connectivity index (χ4n) is 3.32. The quantitative estimate of drug-likeness (QED) is 0.346. The molecule has 0 radical (unpaired) electrons. The summed E-state index contributed by atoms with van der Waals surface area (Å²) in [6.07, 6.45) is 10.5. The molecule has 7 heteroatoms. The molecule has 2 aliphatic carbocycles. The van der Waals surface area contributed by atoms with Gasteiger partial charge in [0.05, 0.1) is 10.0 Å². The fraction of sp³-hybridized carbons (Fsp3) is 0.933. The third-order valence-electron chi connectivity index (χ3n) is 4.45. The molecule has 2 fully saturated rings. The fourth-order valence-corrected chi connectivity index (χ4v) is 5.00. The molecule has 132 valence electrons. The van der Waals surface area contributed by atoms with Crippen molar-refractivity contribution < 1.29 is 25.7 Å². The van der Waals surface area contributed by atoms with Crippen molar-refractivity contribution in [3.8, 4) is 0 Å². The van der Waals surface area contributed by atoms with Gasteiger partial charge in [-0.05, 0) is 18.8 Å². The van der Waals surface area contributed by atoms with Crippen molar-refractivity contribution in [3.63, 3.8) is 0 Å². The molecule has 2 saturated carbocycles. The Morgan fingerprint density at radius 2 is 1.45 bits per heavy atom. The normalized spacial score (nSPS) is 27.0. The van der Waals surface area contributed by atoms with Crippen LogP contribution in [0.3, 0.4) is 0 Å². The van der Waals surface area contributed by atoms with Gasteiger partial charge in [0.2, 0.25) is 0 Å². The first-order chi connectivity index (χ1) is 10.1. The molecule has 1 N–H and O–H groups in total. The van der Waals surface area contributed by atoms with Crippen molar-refractivity contribution in [2.24, 2.45) is 5.92 Å². The van der Waals surface area contributed by atoms with E-state index in [1.807, 2.05) is 17.3 Å².